The molecule has 0 spiro atoms. The molecule has 0 amide bonds. The summed E-state index contributed by atoms with van der Waals surface area (Å²) in [6, 6.07) is 9.27. The van der Waals surface area contributed by atoms with Crippen molar-refractivity contribution >= 4 is 15.9 Å². The quantitative estimate of drug-likeness (QED) is 0.629. The van der Waals surface area contributed by atoms with Crippen molar-refractivity contribution in [1.29, 1.82) is 0 Å². The molecule has 134 valence electrons. The van der Waals surface area contributed by atoms with E-state index >= 15 is 0 Å². The molecule has 4 rings (SSSR count). The predicted octanol–water partition coefficient (Wildman–Crippen LogP) is 2.90. The molecule has 0 aliphatic carbocycles. The number of ether oxygens (including phenoxy) is 4. The third-order valence-electron chi connectivity index (χ3n) is 3.95. The van der Waals surface area contributed by atoms with E-state index in [0.717, 1.165) is 21.3 Å². The lowest BCUT2D eigenvalue weighted by atomic mass is 10.2. The Balaban J connectivity index is 1.59. The lowest BCUT2D eigenvalue weighted by molar-refractivity contribution is 0.174. The lowest BCUT2D eigenvalue weighted by Crippen LogP contribution is -2.04. The molecule has 3 aromatic rings. The third kappa shape index (κ3) is 3.05. The van der Waals surface area contributed by atoms with Crippen LogP contribution >= 0.6 is 15.9 Å². The summed E-state index contributed by atoms with van der Waals surface area (Å²) in [7, 11) is 3.18. The maximum absolute atomic E-state index is 5.42. The number of rotatable bonds is 5. The first-order valence-corrected chi connectivity index (χ1v) is 8.55. The molecule has 9 heteroatoms. The molecule has 1 aliphatic heterocycles. The van der Waals surface area contributed by atoms with Crippen molar-refractivity contribution in [2.75, 3.05) is 21.0 Å². The summed E-state index contributed by atoms with van der Waals surface area (Å²) in [5, 5.41) is 12.7. The van der Waals surface area contributed by atoms with Crippen molar-refractivity contribution in [2.45, 2.75) is 6.54 Å². The molecular weight excluding hydrogens is 404 g/mol. The zero-order chi connectivity index (χ0) is 18.1. The number of benzene rings is 2. The van der Waals surface area contributed by atoms with E-state index in [-0.39, 0.29) is 6.79 Å². The molecule has 0 atom stereocenters. The largest absolute Gasteiger partial charge is 0.493 e. The zero-order valence-corrected chi connectivity index (χ0v) is 15.7. The molecule has 1 aliphatic rings. The highest BCUT2D eigenvalue weighted by atomic mass is 79.9. The standard InChI is InChI=1S/C17H15BrN4O4/c1-23-13-4-3-10(5-14(13)24-2)17-19-21-22(20-17)8-11-6-15-16(7-12(11)18)26-9-25-15/h3-7H,8-9H2,1-2H3. The van der Waals surface area contributed by atoms with Gasteiger partial charge in [-0.05, 0) is 41.1 Å². The summed E-state index contributed by atoms with van der Waals surface area (Å²) in [6.07, 6.45) is 0. The predicted molar refractivity (Wildman–Crippen MR) is 95.7 cm³/mol. The second-order valence-electron chi connectivity index (χ2n) is 5.51. The number of hydrogen-bond donors (Lipinski definition) is 0. The van der Waals surface area contributed by atoms with Gasteiger partial charge in [0, 0.05) is 10.0 Å². The Kier molecular flexibility index (Phi) is 4.37. The zero-order valence-electron chi connectivity index (χ0n) is 14.1. The summed E-state index contributed by atoms with van der Waals surface area (Å²) in [5.74, 6) is 3.19. The minimum absolute atomic E-state index is 0.232. The van der Waals surface area contributed by atoms with Crippen LogP contribution in [0.2, 0.25) is 0 Å². The van der Waals surface area contributed by atoms with Crippen LogP contribution < -0.4 is 18.9 Å². The average molecular weight is 419 g/mol. The van der Waals surface area contributed by atoms with Crippen molar-refractivity contribution in [3.8, 4) is 34.4 Å². The highest BCUT2D eigenvalue weighted by molar-refractivity contribution is 9.10. The summed E-state index contributed by atoms with van der Waals surface area (Å²) in [6.45, 7) is 0.674. The smallest absolute Gasteiger partial charge is 0.231 e. The second-order valence-corrected chi connectivity index (χ2v) is 6.36. The van der Waals surface area contributed by atoms with Crippen LogP contribution in [-0.2, 0) is 6.54 Å². The van der Waals surface area contributed by atoms with E-state index in [4.69, 9.17) is 18.9 Å². The maximum atomic E-state index is 5.42. The molecule has 2 heterocycles. The van der Waals surface area contributed by atoms with Crippen LogP contribution in [0.5, 0.6) is 23.0 Å². The van der Waals surface area contributed by atoms with Crippen LogP contribution in [0.1, 0.15) is 5.56 Å². The molecular formula is C17H15BrN4O4. The van der Waals surface area contributed by atoms with E-state index < -0.39 is 0 Å². The Morgan fingerprint density at radius 2 is 1.85 bits per heavy atom. The number of nitrogens with zero attached hydrogens (tertiary/aromatic N) is 4. The molecule has 0 unspecified atom stereocenters. The Hall–Kier alpha value is -2.81. The highest BCUT2D eigenvalue weighted by Gasteiger charge is 2.17. The van der Waals surface area contributed by atoms with E-state index in [1.807, 2.05) is 30.3 Å². The van der Waals surface area contributed by atoms with Crippen LogP contribution in [0.4, 0.5) is 0 Å². The van der Waals surface area contributed by atoms with Crippen molar-refractivity contribution < 1.29 is 18.9 Å². The van der Waals surface area contributed by atoms with E-state index in [9.17, 15) is 0 Å². The van der Waals surface area contributed by atoms with Gasteiger partial charge in [0.15, 0.2) is 23.0 Å². The molecule has 1 aromatic heterocycles. The van der Waals surface area contributed by atoms with Crippen LogP contribution in [0, 0.1) is 0 Å². The first-order chi connectivity index (χ1) is 12.7. The molecule has 0 saturated carbocycles. The van der Waals surface area contributed by atoms with Gasteiger partial charge in [0.05, 0.1) is 20.8 Å². The fraction of sp³-hybridized carbons (Fsp3) is 0.235. The molecule has 0 radical (unpaired) electrons. The minimum atomic E-state index is 0.232. The van der Waals surface area contributed by atoms with Gasteiger partial charge in [0.25, 0.3) is 0 Å². The van der Waals surface area contributed by atoms with Gasteiger partial charge in [-0.25, -0.2) is 0 Å². The normalized spacial score (nSPS) is 12.3. The van der Waals surface area contributed by atoms with Crippen LogP contribution in [0.15, 0.2) is 34.8 Å². The van der Waals surface area contributed by atoms with Crippen molar-refractivity contribution in [3.05, 3.63) is 40.4 Å². The SMILES string of the molecule is COc1ccc(-c2nnn(Cc3cc4c(cc3Br)OCO4)n2)cc1OC. The van der Waals surface area contributed by atoms with Gasteiger partial charge in [-0.15, -0.1) is 10.2 Å². The van der Waals surface area contributed by atoms with Crippen molar-refractivity contribution in [1.82, 2.24) is 20.2 Å². The average Bonchev–Trinajstić information content (AvgIpc) is 3.30. The minimum Gasteiger partial charge on any atom is -0.493 e. The monoisotopic (exact) mass is 418 g/mol. The molecule has 0 bridgehead atoms. The Bertz CT molecular complexity index is 960. The van der Waals surface area contributed by atoms with Crippen molar-refractivity contribution in [3.63, 3.8) is 0 Å². The van der Waals surface area contributed by atoms with Crippen LogP contribution in [0.25, 0.3) is 11.4 Å². The number of tetrazole rings is 1. The fourth-order valence-electron chi connectivity index (χ4n) is 2.63. The lowest BCUT2D eigenvalue weighted by Gasteiger charge is -2.07. The Morgan fingerprint density at radius 3 is 2.62 bits per heavy atom. The maximum Gasteiger partial charge on any atom is 0.231 e. The number of halogens is 1. The van der Waals surface area contributed by atoms with Gasteiger partial charge in [0.2, 0.25) is 12.6 Å². The molecule has 26 heavy (non-hydrogen) atoms. The topological polar surface area (TPSA) is 80.5 Å². The molecule has 0 N–H and O–H groups in total. The van der Waals surface area contributed by atoms with Gasteiger partial charge < -0.3 is 18.9 Å². The summed E-state index contributed by atoms with van der Waals surface area (Å²) in [5.41, 5.74) is 1.75. The first-order valence-electron chi connectivity index (χ1n) is 7.76. The number of fused-ring (bicyclic) bond motifs is 1. The summed E-state index contributed by atoms with van der Waals surface area (Å²) in [4.78, 5) is 1.52. The number of hydrogen-bond acceptors (Lipinski definition) is 7. The molecule has 2 aromatic carbocycles. The van der Waals surface area contributed by atoms with Gasteiger partial charge in [-0.3, -0.25) is 0 Å². The number of methoxy groups -OCH3 is 2. The van der Waals surface area contributed by atoms with Gasteiger partial charge in [-0.1, -0.05) is 15.9 Å². The van der Waals surface area contributed by atoms with E-state index in [2.05, 4.69) is 31.3 Å². The highest BCUT2D eigenvalue weighted by Crippen LogP contribution is 2.37. The third-order valence-corrected chi connectivity index (χ3v) is 4.69. The van der Waals surface area contributed by atoms with Gasteiger partial charge >= 0.3 is 0 Å². The molecule has 0 fully saturated rings. The van der Waals surface area contributed by atoms with E-state index in [0.29, 0.717) is 29.6 Å². The van der Waals surface area contributed by atoms with Crippen LogP contribution in [-0.4, -0.2) is 41.2 Å². The summed E-state index contributed by atoms with van der Waals surface area (Å²) < 4.78 is 22.2. The van der Waals surface area contributed by atoms with Gasteiger partial charge in [-0.2, -0.15) is 4.80 Å². The molecule has 8 nitrogen and oxygen atoms in total. The Morgan fingerprint density at radius 1 is 1.08 bits per heavy atom. The van der Waals surface area contributed by atoms with Crippen molar-refractivity contribution in [2.24, 2.45) is 0 Å². The number of aromatic nitrogens is 4. The fourth-order valence-corrected chi connectivity index (χ4v) is 3.08. The first kappa shape index (κ1) is 16.6. The summed E-state index contributed by atoms with van der Waals surface area (Å²) >= 11 is 3.54. The van der Waals surface area contributed by atoms with E-state index in [1.165, 1.54) is 4.80 Å². The van der Waals surface area contributed by atoms with Gasteiger partial charge in [0.1, 0.15) is 0 Å². The van der Waals surface area contributed by atoms with Crippen LogP contribution in [0.3, 0.4) is 0 Å². The Labute approximate surface area is 157 Å². The van der Waals surface area contributed by atoms with E-state index in [1.54, 1.807) is 14.2 Å². The second kappa shape index (κ2) is 6.83. The molecule has 0 saturated heterocycles.